The molecule has 10 heteroatoms. The molecule has 0 aliphatic rings. The van der Waals surface area contributed by atoms with Crippen LogP contribution in [0.15, 0.2) is 53.9 Å². The number of halogens is 3. The van der Waals surface area contributed by atoms with Crippen molar-refractivity contribution in [3.8, 4) is 0 Å². The molecule has 2 N–H and O–H groups in total. The molecule has 3 aromatic rings. The molecule has 6 nitrogen and oxygen atoms in total. The Hall–Kier alpha value is -2.58. The Morgan fingerprint density at radius 2 is 1.68 bits per heavy atom. The predicted molar refractivity (Wildman–Crippen MR) is 126 cm³/mol. The molecule has 1 aromatic heterocycles. The third-order valence-electron chi connectivity index (χ3n) is 4.14. The van der Waals surface area contributed by atoms with Gasteiger partial charge in [-0.3, -0.25) is 14.4 Å². The summed E-state index contributed by atoms with van der Waals surface area (Å²) in [6, 6.07) is 12.7. The van der Waals surface area contributed by atoms with Gasteiger partial charge in [-0.15, -0.1) is 11.3 Å². The Bertz CT molecular complexity index is 1140. The van der Waals surface area contributed by atoms with Crippen LogP contribution in [-0.4, -0.2) is 36.2 Å². The second kappa shape index (κ2) is 10.2. The van der Waals surface area contributed by atoms with Crippen molar-refractivity contribution < 1.29 is 14.4 Å². The molecule has 0 unspecified atom stereocenters. The molecule has 2 aromatic carbocycles. The molecule has 31 heavy (non-hydrogen) atoms. The van der Waals surface area contributed by atoms with Crippen LogP contribution >= 0.6 is 46.1 Å². The second-order valence-corrected chi connectivity index (χ2v) is 8.63. The van der Waals surface area contributed by atoms with Crippen molar-refractivity contribution in [3.05, 3.63) is 79.4 Å². The highest BCUT2D eigenvalue weighted by molar-refractivity contribution is 7.12. The predicted octanol–water partition coefficient (Wildman–Crippen LogP) is 5.67. The summed E-state index contributed by atoms with van der Waals surface area (Å²) in [5, 5.41) is 8.11. The Kier molecular flexibility index (Phi) is 7.56. The number of likely N-dealkylation sites (N-methyl/N-ethyl adjacent to an activating group) is 1. The summed E-state index contributed by atoms with van der Waals surface area (Å²) in [7, 11) is 1.50. The average Bonchev–Trinajstić information content (AvgIpc) is 3.27. The molecule has 0 bridgehead atoms. The molecule has 160 valence electrons. The molecular formula is C21H16Cl3N3O3S. The standard InChI is InChI=1S/C21H16Cl3N3O3S/c1-27(11-19(28)25-13-5-7-14(22)16(24)10-13)21(30)12-4-6-15(23)17(9-12)26-20(29)18-3-2-8-31-18/h2-10H,11H2,1H3,(H,25,28)(H,26,29). The number of nitrogens with zero attached hydrogens (tertiary/aromatic N) is 1. The molecule has 0 aliphatic heterocycles. The first kappa shape index (κ1) is 23.1. The van der Waals surface area contributed by atoms with Crippen molar-refractivity contribution in [1.82, 2.24) is 4.90 Å². The van der Waals surface area contributed by atoms with Crippen molar-refractivity contribution in [3.63, 3.8) is 0 Å². The van der Waals surface area contributed by atoms with Crippen molar-refractivity contribution in [2.24, 2.45) is 0 Å². The molecule has 1 heterocycles. The minimum Gasteiger partial charge on any atom is -0.332 e. The van der Waals surface area contributed by atoms with Gasteiger partial charge in [0.2, 0.25) is 5.91 Å². The number of hydrogen-bond donors (Lipinski definition) is 2. The molecule has 0 saturated heterocycles. The van der Waals surface area contributed by atoms with Crippen LogP contribution in [0.4, 0.5) is 11.4 Å². The number of hydrogen-bond acceptors (Lipinski definition) is 4. The Labute approximate surface area is 197 Å². The maximum absolute atomic E-state index is 12.8. The number of carbonyl (C=O) groups excluding carboxylic acids is 3. The Morgan fingerprint density at radius 3 is 2.35 bits per heavy atom. The highest BCUT2D eigenvalue weighted by atomic mass is 35.5. The van der Waals surface area contributed by atoms with Crippen molar-refractivity contribution in [2.75, 3.05) is 24.2 Å². The lowest BCUT2D eigenvalue weighted by Crippen LogP contribution is -2.35. The number of benzene rings is 2. The molecule has 0 spiro atoms. The fourth-order valence-electron chi connectivity index (χ4n) is 2.63. The highest BCUT2D eigenvalue weighted by Crippen LogP contribution is 2.26. The summed E-state index contributed by atoms with van der Waals surface area (Å²) in [5.74, 6) is -1.14. The zero-order valence-electron chi connectivity index (χ0n) is 16.1. The third-order valence-corrected chi connectivity index (χ3v) is 6.07. The minimum atomic E-state index is -0.410. The molecule has 0 fully saturated rings. The van der Waals surface area contributed by atoms with E-state index < -0.39 is 11.8 Å². The number of nitrogens with one attached hydrogen (secondary N) is 2. The maximum atomic E-state index is 12.8. The van der Waals surface area contributed by atoms with Gasteiger partial charge in [0.15, 0.2) is 0 Å². The molecule has 0 radical (unpaired) electrons. The van der Waals surface area contributed by atoms with Gasteiger partial charge < -0.3 is 15.5 Å². The van der Waals surface area contributed by atoms with Crippen LogP contribution in [0.25, 0.3) is 0 Å². The smallest absolute Gasteiger partial charge is 0.265 e. The lowest BCUT2D eigenvalue weighted by atomic mass is 10.1. The van der Waals surface area contributed by atoms with E-state index in [0.717, 1.165) is 0 Å². The topological polar surface area (TPSA) is 78.5 Å². The highest BCUT2D eigenvalue weighted by Gasteiger charge is 2.18. The van der Waals surface area contributed by atoms with E-state index in [-0.39, 0.29) is 18.0 Å². The number of rotatable bonds is 6. The SMILES string of the molecule is CN(CC(=O)Nc1ccc(Cl)c(Cl)c1)C(=O)c1ccc(Cl)c(NC(=O)c2cccs2)c1. The van der Waals surface area contributed by atoms with Gasteiger partial charge in [0.25, 0.3) is 11.8 Å². The fraction of sp³-hybridized carbons (Fsp3) is 0.0952. The number of carbonyl (C=O) groups is 3. The summed E-state index contributed by atoms with van der Waals surface area (Å²) in [6.07, 6.45) is 0. The lowest BCUT2D eigenvalue weighted by Gasteiger charge is -2.18. The summed E-state index contributed by atoms with van der Waals surface area (Å²) in [5.41, 5.74) is 1.04. The molecular weight excluding hydrogens is 481 g/mol. The fourth-order valence-corrected chi connectivity index (χ4v) is 3.71. The van der Waals surface area contributed by atoms with Crippen LogP contribution in [0.3, 0.4) is 0 Å². The van der Waals surface area contributed by atoms with Gasteiger partial charge in [0.05, 0.1) is 32.2 Å². The van der Waals surface area contributed by atoms with Gasteiger partial charge in [-0.05, 0) is 47.8 Å². The molecule has 3 rings (SSSR count). The van der Waals surface area contributed by atoms with Crippen LogP contribution in [-0.2, 0) is 4.79 Å². The quantitative estimate of drug-likeness (QED) is 0.461. The van der Waals surface area contributed by atoms with Crippen LogP contribution < -0.4 is 10.6 Å². The van der Waals surface area contributed by atoms with E-state index >= 15 is 0 Å². The second-order valence-electron chi connectivity index (χ2n) is 6.46. The summed E-state index contributed by atoms with van der Waals surface area (Å²) in [6.45, 7) is -0.196. The first-order chi connectivity index (χ1) is 14.7. The van der Waals surface area contributed by atoms with Gasteiger partial charge in [-0.25, -0.2) is 0 Å². The van der Waals surface area contributed by atoms with Gasteiger partial charge in [0, 0.05) is 18.3 Å². The normalized spacial score (nSPS) is 10.5. The van der Waals surface area contributed by atoms with E-state index in [2.05, 4.69) is 10.6 Å². The van der Waals surface area contributed by atoms with Gasteiger partial charge in [0.1, 0.15) is 0 Å². The molecule has 0 saturated carbocycles. The zero-order valence-corrected chi connectivity index (χ0v) is 19.2. The Balaban J connectivity index is 1.66. The van der Waals surface area contributed by atoms with E-state index in [0.29, 0.717) is 31.3 Å². The van der Waals surface area contributed by atoms with Crippen molar-refractivity contribution in [1.29, 1.82) is 0 Å². The molecule has 0 atom stereocenters. The summed E-state index contributed by atoms with van der Waals surface area (Å²) < 4.78 is 0. The molecule has 0 aliphatic carbocycles. The average molecular weight is 497 g/mol. The van der Waals surface area contributed by atoms with E-state index in [1.807, 2.05) is 0 Å². The lowest BCUT2D eigenvalue weighted by molar-refractivity contribution is -0.116. The van der Waals surface area contributed by atoms with E-state index in [9.17, 15) is 14.4 Å². The zero-order chi connectivity index (χ0) is 22.5. The number of anilines is 2. The van der Waals surface area contributed by atoms with Crippen LogP contribution in [0.1, 0.15) is 20.0 Å². The van der Waals surface area contributed by atoms with Gasteiger partial charge in [-0.1, -0.05) is 40.9 Å². The van der Waals surface area contributed by atoms with Crippen LogP contribution in [0.5, 0.6) is 0 Å². The number of thiophene rings is 1. The van der Waals surface area contributed by atoms with Crippen molar-refractivity contribution >= 4 is 75.2 Å². The summed E-state index contributed by atoms with van der Waals surface area (Å²) in [4.78, 5) is 39.1. The van der Waals surface area contributed by atoms with Gasteiger partial charge >= 0.3 is 0 Å². The number of amides is 3. The minimum absolute atomic E-state index is 0.196. The summed E-state index contributed by atoms with van der Waals surface area (Å²) >= 11 is 19.3. The molecule has 3 amide bonds. The monoisotopic (exact) mass is 495 g/mol. The van der Waals surface area contributed by atoms with E-state index in [1.165, 1.54) is 47.5 Å². The van der Waals surface area contributed by atoms with Crippen LogP contribution in [0.2, 0.25) is 15.1 Å². The largest absolute Gasteiger partial charge is 0.332 e. The maximum Gasteiger partial charge on any atom is 0.265 e. The van der Waals surface area contributed by atoms with E-state index in [4.69, 9.17) is 34.8 Å². The van der Waals surface area contributed by atoms with Crippen molar-refractivity contribution in [2.45, 2.75) is 0 Å². The van der Waals surface area contributed by atoms with Crippen LogP contribution in [0, 0.1) is 0 Å². The first-order valence-corrected chi connectivity index (χ1v) is 10.9. The first-order valence-electron chi connectivity index (χ1n) is 8.89. The van der Waals surface area contributed by atoms with Gasteiger partial charge in [-0.2, -0.15) is 0 Å². The Morgan fingerprint density at radius 1 is 0.935 bits per heavy atom. The third kappa shape index (κ3) is 5.98. The van der Waals surface area contributed by atoms with E-state index in [1.54, 1.807) is 29.6 Å².